The maximum absolute atomic E-state index is 11.8. The number of unbranched alkanes of at least 4 members (excludes halogenated alkanes) is 3. The first-order chi connectivity index (χ1) is 7.66. The lowest BCUT2D eigenvalue weighted by molar-refractivity contribution is 0.282. The van der Waals surface area contributed by atoms with Crippen molar-refractivity contribution in [1.82, 2.24) is 9.13 Å². The normalized spacial score (nSPS) is 11.2. The van der Waals surface area contributed by atoms with Crippen molar-refractivity contribution in [3.63, 3.8) is 0 Å². The van der Waals surface area contributed by atoms with Crippen molar-refractivity contribution >= 4 is 0 Å². The maximum Gasteiger partial charge on any atom is 0.328 e. The molecule has 0 aliphatic heterocycles. The third kappa shape index (κ3) is 3.52. The third-order valence-corrected chi connectivity index (χ3v) is 2.74. The molecule has 1 aromatic heterocycles. The Morgan fingerprint density at radius 3 is 2.44 bits per heavy atom. The molecular formula is C12H22N2O2. The predicted molar refractivity (Wildman–Crippen MR) is 64.6 cm³/mol. The van der Waals surface area contributed by atoms with Gasteiger partial charge in [-0.2, -0.15) is 0 Å². The van der Waals surface area contributed by atoms with Gasteiger partial charge in [0.05, 0.1) is 0 Å². The second-order valence-corrected chi connectivity index (χ2v) is 4.41. The SMILES string of the molecule is CC(C)n1ccn(CCCCCCO)c1=O. The van der Waals surface area contributed by atoms with Gasteiger partial charge in [0.1, 0.15) is 0 Å². The molecule has 0 radical (unpaired) electrons. The van der Waals surface area contributed by atoms with Crippen molar-refractivity contribution in [2.75, 3.05) is 6.61 Å². The second-order valence-electron chi connectivity index (χ2n) is 4.41. The third-order valence-electron chi connectivity index (χ3n) is 2.74. The molecule has 1 aromatic rings. The van der Waals surface area contributed by atoms with Gasteiger partial charge in [0, 0.05) is 31.6 Å². The highest BCUT2D eigenvalue weighted by Crippen LogP contribution is 2.03. The van der Waals surface area contributed by atoms with Gasteiger partial charge < -0.3 is 5.11 Å². The zero-order chi connectivity index (χ0) is 12.0. The standard InChI is InChI=1S/C12H22N2O2/c1-11(2)14-9-8-13(12(14)16)7-5-3-4-6-10-15/h8-9,11,15H,3-7,10H2,1-2H3. The summed E-state index contributed by atoms with van der Waals surface area (Å²) in [5.74, 6) is 0. The van der Waals surface area contributed by atoms with E-state index in [1.54, 1.807) is 9.13 Å². The molecule has 0 unspecified atom stereocenters. The molecule has 16 heavy (non-hydrogen) atoms. The molecule has 0 fully saturated rings. The number of aliphatic hydroxyl groups excluding tert-OH is 1. The van der Waals surface area contributed by atoms with Crippen LogP contribution < -0.4 is 5.69 Å². The number of hydrogen-bond acceptors (Lipinski definition) is 2. The Balaban J connectivity index is 2.40. The highest BCUT2D eigenvalue weighted by molar-refractivity contribution is 4.83. The van der Waals surface area contributed by atoms with E-state index in [9.17, 15) is 4.79 Å². The number of rotatable bonds is 7. The molecule has 0 saturated carbocycles. The summed E-state index contributed by atoms with van der Waals surface area (Å²) in [5.41, 5.74) is 0.0807. The van der Waals surface area contributed by atoms with Gasteiger partial charge in [0.25, 0.3) is 0 Å². The van der Waals surface area contributed by atoms with Crippen molar-refractivity contribution in [1.29, 1.82) is 0 Å². The Labute approximate surface area is 96.5 Å². The van der Waals surface area contributed by atoms with Crippen molar-refractivity contribution in [3.05, 3.63) is 22.9 Å². The van der Waals surface area contributed by atoms with E-state index in [2.05, 4.69) is 0 Å². The Morgan fingerprint density at radius 2 is 1.88 bits per heavy atom. The predicted octanol–water partition coefficient (Wildman–Crippen LogP) is 1.78. The maximum atomic E-state index is 11.8. The Hall–Kier alpha value is -1.03. The minimum atomic E-state index is 0.0807. The van der Waals surface area contributed by atoms with Crippen LogP contribution in [0, 0.1) is 0 Å². The summed E-state index contributed by atoms with van der Waals surface area (Å²) in [4.78, 5) is 11.8. The highest BCUT2D eigenvalue weighted by Gasteiger charge is 2.05. The van der Waals surface area contributed by atoms with E-state index in [4.69, 9.17) is 5.11 Å². The van der Waals surface area contributed by atoms with Crippen LogP contribution in [-0.4, -0.2) is 20.8 Å². The molecule has 0 spiro atoms. The molecule has 0 bridgehead atoms. The van der Waals surface area contributed by atoms with Crippen molar-refractivity contribution in [3.8, 4) is 0 Å². The molecule has 1 rings (SSSR count). The van der Waals surface area contributed by atoms with E-state index in [1.807, 2.05) is 26.2 Å². The fourth-order valence-electron chi connectivity index (χ4n) is 1.74. The van der Waals surface area contributed by atoms with Crippen molar-refractivity contribution in [2.45, 2.75) is 52.1 Å². The quantitative estimate of drug-likeness (QED) is 0.720. The first kappa shape index (κ1) is 13.0. The fourth-order valence-corrected chi connectivity index (χ4v) is 1.74. The Morgan fingerprint density at radius 1 is 1.19 bits per heavy atom. The van der Waals surface area contributed by atoms with Crippen molar-refractivity contribution in [2.24, 2.45) is 0 Å². The summed E-state index contributed by atoms with van der Waals surface area (Å²) in [6, 6.07) is 0.225. The smallest absolute Gasteiger partial charge is 0.328 e. The Kier molecular flexibility index (Phi) is 5.32. The Bertz CT molecular complexity index is 352. The second kappa shape index (κ2) is 6.53. The number of aliphatic hydroxyl groups is 1. The van der Waals surface area contributed by atoms with E-state index in [1.165, 1.54) is 0 Å². The summed E-state index contributed by atoms with van der Waals surface area (Å²) in [5, 5.41) is 8.63. The zero-order valence-electron chi connectivity index (χ0n) is 10.2. The molecule has 92 valence electrons. The van der Waals surface area contributed by atoms with E-state index >= 15 is 0 Å². The largest absolute Gasteiger partial charge is 0.396 e. The minimum absolute atomic E-state index is 0.0807. The minimum Gasteiger partial charge on any atom is -0.396 e. The average Bonchev–Trinajstić information content (AvgIpc) is 2.60. The summed E-state index contributed by atoms with van der Waals surface area (Å²) >= 11 is 0. The van der Waals surface area contributed by atoms with Gasteiger partial charge in [0.15, 0.2) is 0 Å². The highest BCUT2D eigenvalue weighted by atomic mass is 16.2. The first-order valence-electron chi connectivity index (χ1n) is 6.05. The van der Waals surface area contributed by atoms with E-state index in [-0.39, 0.29) is 18.3 Å². The number of aromatic nitrogens is 2. The van der Waals surface area contributed by atoms with Gasteiger partial charge in [-0.1, -0.05) is 12.8 Å². The average molecular weight is 226 g/mol. The first-order valence-corrected chi connectivity index (χ1v) is 6.05. The molecule has 0 aliphatic rings. The molecule has 1 heterocycles. The molecule has 0 saturated heterocycles. The summed E-state index contributed by atoms with van der Waals surface area (Å²) < 4.78 is 3.51. The van der Waals surface area contributed by atoms with Gasteiger partial charge in [0.2, 0.25) is 0 Å². The van der Waals surface area contributed by atoms with Crippen LogP contribution in [0.4, 0.5) is 0 Å². The molecule has 0 atom stereocenters. The molecule has 0 aliphatic carbocycles. The lowest BCUT2D eigenvalue weighted by Crippen LogP contribution is -2.25. The molecule has 0 amide bonds. The van der Waals surface area contributed by atoms with Gasteiger partial charge in [-0.25, -0.2) is 4.79 Å². The summed E-state index contributed by atoms with van der Waals surface area (Å²) in [6.07, 6.45) is 7.68. The lowest BCUT2D eigenvalue weighted by atomic mass is 10.2. The van der Waals surface area contributed by atoms with Crippen LogP contribution in [0.1, 0.15) is 45.6 Å². The molecule has 1 N–H and O–H groups in total. The van der Waals surface area contributed by atoms with Crippen LogP contribution in [-0.2, 0) is 6.54 Å². The molecule has 4 heteroatoms. The van der Waals surface area contributed by atoms with E-state index < -0.39 is 0 Å². The molecule has 0 aromatic carbocycles. The number of aryl methyl sites for hydroxylation is 1. The van der Waals surface area contributed by atoms with Crippen LogP contribution >= 0.6 is 0 Å². The number of nitrogens with zero attached hydrogens (tertiary/aromatic N) is 2. The molecular weight excluding hydrogens is 204 g/mol. The zero-order valence-corrected chi connectivity index (χ0v) is 10.2. The fraction of sp³-hybridized carbons (Fsp3) is 0.750. The molecule has 4 nitrogen and oxygen atoms in total. The van der Waals surface area contributed by atoms with Gasteiger partial charge in [-0.15, -0.1) is 0 Å². The summed E-state index contributed by atoms with van der Waals surface area (Å²) in [7, 11) is 0. The van der Waals surface area contributed by atoms with Gasteiger partial charge >= 0.3 is 5.69 Å². The van der Waals surface area contributed by atoms with Crippen LogP contribution in [0.25, 0.3) is 0 Å². The number of imidazole rings is 1. The van der Waals surface area contributed by atoms with Crippen LogP contribution in [0.5, 0.6) is 0 Å². The monoisotopic (exact) mass is 226 g/mol. The lowest BCUT2D eigenvalue weighted by Gasteiger charge is -2.04. The van der Waals surface area contributed by atoms with E-state index in [0.717, 1.165) is 32.2 Å². The van der Waals surface area contributed by atoms with E-state index in [0.29, 0.717) is 0 Å². The topological polar surface area (TPSA) is 47.2 Å². The van der Waals surface area contributed by atoms with Crippen LogP contribution in [0.3, 0.4) is 0 Å². The number of hydrogen-bond donors (Lipinski definition) is 1. The van der Waals surface area contributed by atoms with Gasteiger partial charge in [-0.3, -0.25) is 9.13 Å². The van der Waals surface area contributed by atoms with Gasteiger partial charge in [-0.05, 0) is 26.7 Å². The van der Waals surface area contributed by atoms with Crippen LogP contribution in [0.2, 0.25) is 0 Å². The van der Waals surface area contributed by atoms with Crippen molar-refractivity contribution < 1.29 is 5.11 Å². The van der Waals surface area contributed by atoms with Crippen LogP contribution in [0.15, 0.2) is 17.2 Å². The summed E-state index contributed by atoms with van der Waals surface area (Å²) in [6.45, 7) is 5.06.